The van der Waals surface area contributed by atoms with E-state index in [2.05, 4.69) is 40.7 Å². The number of hydrogen-bond acceptors (Lipinski definition) is 8. The maximum Gasteiger partial charge on any atom is 0.312 e. The van der Waals surface area contributed by atoms with Crippen LogP contribution in [-0.4, -0.2) is 86.0 Å². The van der Waals surface area contributed by atoms with Crippen LogP contribution in [0.25, 0.3) is 0 Å². The highest BCUT2D eigenvalue weighted by Gasteiger charge is 2.71. The first-order chi connectivity index (χ1) is 21.3. The van der Waals surface area contributed by atoms with Crippen LogP contribution in [-0.2, 0) is 19.1 Å². The third kappa shape index (κ3) is 4.49. The molecular weight excluding hydrogens is 592 g/mol. The summed E-state index contributed by atoms with van der Waals surface area (Å²) in [6.07, 6.45) is 1.64. The largest absolute Gasteiger partial charge is 0.481 e. The topological polar surface area (TPSA) is 174 Å². The lowest BCUT2D eigenvalue weighted by atomic mass is 9.33. The lowest BCUT2D eigenvalue weighted by molar-refractivity contribution is -0.329. The zero-order valence-corrected chi connectivity index (χ0v) is 28.4. The molecule has 6 aliphatic rings. The summed E-state index contributed by atoms with van der Waals surface area (Å²) in [5.41, 5.74) is -1.30. The van der Waals surface area contributed by atoms with E-state index < -0.39 is 66.2 Å². The molecule has 1 aliphatic heterocycles. The van der Waals surface area contributed by atoms with E-state index in [1.54, 1.807) is 6.92 Å². The molecule has 6 N–H and O–H groups in total. The molecule has 1 saturated heterocycles. The number of aliphatic hydroxyl groups is 4. The van der Waals surface area contributed by atoms with Crippen molar-refractivity contribution in [1.82, 2.24) is 0 Å². The Balaban J connectivity index is 1.34. The zero-order valence-electron chi connectivity index (χ0n) is 28.4. The number of carbonyl (C=O) groups is 2. The predicted octanol–water partition coefficient (Wildman–Crippen LogP) is 4.12. The molecule has 0 unspecified atom stereocenters. The number of rotatable bonds is 5. The van der Waals surface area contributed by atoms with E-state index in [0.29, 0.717) is 32.1 Å². The number of aliphatic hydroxyl groups excluding tert-OH is 4. The van der Waals surface area contributed by atoms with Crippen molar-refractivity contribution in [2.24, 2.45) is 50.2 Å². The van der Waals surface area contributed by atoms with Gasteiger partial charge >= 0.3 is 11.9 Å². The molecule has 10 nitrogen and oxygen atoms in total. The second-order valence-corrected chi connectivity index (χ2v) is 17.6. The summed E-state index contributed by atoms with van der Waals surface area (Å²) >= 11 is 0. The molecule has 46 heavy (non-hydrogen) atoms. The van der Waals surface area contributed by atoms with E-state index in [0.717, 1.165) is 32.1 Å². The van der Waals surface area contributed by atoms with Gasteiger partial charge in [0.1, 0.15) is 24.4 Å². The summed E-state index contributed by atoms with van der Waals surface area (Å²) in [6, 6.07) is 0. The fourth-order valence-electron chi connectivity index (χ4n) is 12.1. The van der Waals surface area contributed by atoms with Gasteiger partial charge < -0.3 is 40.1 Å². The second-order valence-electron chi connectivity index (χ2n) is 17.6. The Labute approximate surface area is 272 Å². The van der Waals surface area contributed by atoms with Gasteiger partial charge in [0, 0.05) is 0 Å². The van der Waals surface area contributed by atoms with Gasteiger partial charge in [-0.15, -0.1) is 0 Å². The van der Waals surface area contributed by atoms with Crippen LogP contribution >= 0.6 is 0 Å². The summed E-state index contributed by atoms with van der Waals surface area (Å²) < 4.78 is 11.9. The van der Waals surface area contributed by atoms with Gasteiger partial charge in [-0.3, -0.25) is 9.59 Å². The molecule has 0 aromatic heterocycles. The standard InChI is InChI=1S/C36H56O10/c1-31(2)13-15-36(30(43)44)16-14-33(4)19(20(36)17-31)7-8-22-32(3)11-10-24(35(6,29(41)42)23(32)9-12-34(22,33)5)46-28-27(40)26(39)25(38)21(18-37)45-28/h7,20-28,37-40H,8-18H2,1-6H3,(H,41,42)(H,43,44)/t20-,21+,22+,23-,24-,25+,26-,27+,28-,32+,33+,34+,35-,36-/m0/s1. The minimum atomic E-state index is -1.61. The van der Waals surface area contributed by atoms with Crippen molar-refractivity contribution in [3.8, 4) is 0 Å². The van der Waals surface area contributed by atoms with Crippen molar-refractivity contribution in [2.75, 3.05) is 6.61 Å². The van der Waals surface area contributed by atoms with Crippen LogP contribution in [0.2, 0.25) is 0 Å². The fraction of sp³-hybridized carbons (Fsp3) is 0.889. The molecule has 0 aromatic carbocycles. The fourth-order valence-corrected chi connectivity index (χ4v) is 12.1. The minimum Gasteiger partial charge on any atom is -0.481 e. The number of carboxylic acids is 2. The first-order valence-corrected chi connectivity index (χ1v) is 17.5. The van der Waals surface area contributed by atoms with Crippen LogP contribution < -0.4 is 0 Å². The van der Waals surface area contributed by atoms with Crippen molar-refractivity contribution < 1.29 is 49.7 Å². The summed E-state index contributed by atoms with van der Waals surface area (Å²) in [6.45, 7) is 12.7. The molecule has 0 bridgehead atoms. The Bertz CT molecular complexity index is 1280. The van der Waals surface area contributed by atoms with Crippen molar-refractivity contribution >= 4 is 11.9 Å². The Morgan fingerprint density at radius 1 is 0.848 bits per heavy atom. The number of allylic oxidation sites excluding steroid dienone is 2. The van der Waals surface area contributed by atoms with E-state index in [1.165, 1.54) is 5.57 Å². The van der Waals surface area contributed by atoms with Crippen molar-refractivity contribution in [3.05, 3.63) is 11.6 Å². The number of hydrogen-bond donors (Lipinski definition) is 6. The third-order valence-corrected chi connectivity index (χ3v) is 15.3. The van der Waals surface area contributed by atoms with E-state index in [4.69, 9.17) is 9.47 Å². The molecule has 1 heterocycles. The molecule has 5 fully saturated rings. The zero-order chi connectivity index (χ0) is 33.8. The van der Waals surface area contributed by atoms with Crippen LogP contribution in [0.15, 0.2) is 11.6 Å². The maximum atomic E-state index is 13.3. The van der Waals surface area contributed by atoms with Gasteiger partial charge in [-0.1, -0.05) is 46.3 Å². The molecule has 4 saturated carbocycles. The highest BCUT2D eigenvalue weighted by molar-refractivity contribution is 5.77. The van der Waals surface area contributed by atoms with E-state index in [9.17, 15) is 40.2 Å². The van der Waals surface area contributed by atoms with Crippen molar-refractivity contribution in [3.63, 3.8) is 0 Å². The molecule has 14 atom stereocenters. The van der Waals surface area contributed by atoms with E-state index >= 15 is 0 Å². The number of ether oxygens (including phenoxy) is 2. The minimum absolute atomic E-state index is 0.00256. The second kappa shape index (κ2) is 11.0. The van der Waals surface area contributed by atoms with Crippen molar-refractivity contribution in [2.45, 2.75) is 143 Å². The van der Waals surface area contributed by atoms with Crippen molar-refractivity contribution in [1.29, 1.82) is 0 Å². The monoisotopic (exact) mass is 648 g/mol. The van der Waals surface area contributed by atoms with Gasteiger partial charge in [0.2, 0.25) is 0 Å². The average molecular weight is 649 g/mol. The molecule has 5 aliphatic carbocycles. The molecule has 0 aromatic rings. The Morgan fingerprint density at radius 3 is 2.15 bits per heavy atom. The lowest BCUT2D eigenvalue weighted by Gasteiger charge is -2.71. The van der Waals surface area contributed by atoms with Crippen LogP contribution in [0.3, 0.4) is 0 Å². The quantitative estimate of drug-likeness (QED) is 0.188. The van der Waals surface area contributed by atoms with Crippen LogP contribution in [0.4, 0.5) is 0 Å². The Hall–Kier alpha value is -1.56. The van der Waals surface area contributed by atoms with Gasteiger partial charge in [-0.05, 0) is 111 Å². The first kappa shape index (κ1) is 34.3. The van der Waals surface area contributed by atoms with Gasteiger partial charge in [0.15, 0.2) is 6.29 Å². The maximum absolute atomic E-state index is 13.3. The third-order valence-electron chi connectivity index (χ3n) is 15.3. The van der Waals surface area contributed by atoms with E-state index in [-0.39, 0.29) is 39.4 Å². The van der Waals surface area contributed by atoms with Crippen LogP contribution in [0.5, 0.6) is 0 Å². The summed E-state index contributed by atoms with van der Waals surface area (Å²) in [5, 5.41) is 62.5. The SMILES string of the molecule is CC1(C)CC[C@]2(C(=O)O)CC[C@]3(C)C(=CC[C@@H]4[C@@]5(C)CC[C@H](O[C@@H]6O[C@H](CO)[C@@H](O)[C@H](O)[C@H]6O)[C@@](C)(C(=O)O)[C@H]5CC[C@]43C)[C@@H]2C1. The van der Waals surface area contributed by atoms with Gasteiger partial charge in [0.25, 0.3) is 0 Å². The molecule has 10 heteroatoms. The molecular formula is C36H56O10. The van der Waals surface area contributed by atoms with Gasteiger partial charge in [-0.25, -0.2) is 0 Å². The lowest BCUT2D eigenvalue weighted by Crippen LogP contribution is -2.67. The summed E-state index contributed by atoms with van der Waals surface area (Å²) in [4.78, 5) is 26.3. The number of aliphatic carboxylic acids is 2. The summed E-state index contributed by atoms with van der Waals surface area (Å²) in [5.74, 6) is -1.69. The van der Waals surface area contributed by atoms with Crippen LogP contribution in [0, 0.1) is 50.2 Å². The molecule has 260 valence electrons. The number of fused-ring (bicyclic) bond motifs is 7. The van der Waals surface area contributed by atoms with Gasteiger partial charge in [-0.2, -0.15) is 0 Å². The highest BCUT2D eigenvalue weighted by atomic mass is 16.7. The summed E-state index contributed by atoms with van der Waals surface area (Å²) in [7, 11) is 0. The van der Waals surface area contributed by atoms with Crippen LogP contribution in [0.1, 0.15) is 106 Å². The smallest absolute Gasteiger partial charge is 0.312 e. The molecule has 0 radical (unpaired) electrons. The highest BCUT2D eigenvalue weighted by Crippen LogP contribution is 2.76. The average Bonchev–Trinajstić information content (AvgIpc) is 2.98. The van der Waals surface area contributed by atoms with E-state index in [1.807, 2.05) is 0 Å². The predicted molar refractivity (Wildman–Crippen MR) is 167 cm³/mol. The number of carboxylic acid groups (broad SMARTS) is 2. The molecule has 0 spiro atoms. The molecule has 0 amide bonds. The first-order valence-electron chi connectivity index (χ1n) is 17.5. The van der Waals surface area contributed by atoms with Gasteiger partial charge in [0.05, 0.1) is 23.5 Å². The normalized spacial score (nSPS) is 53.1. The molecule has 6 rings (SSSR count). The Kier molecular flexibility index (Phi) is 8.18. The Morgan fingerprint density at radius 2 is 1.52 bits per heavy atom.